The number of hydrogen-bond donors (Lipinski definition) is 1. The maximum Gasteiger partial charge on any atom is 0.309 e. The van der Waals surface area contributed by atoms with Crippen LogP contribution in [0.2, 0.25) is 0 Å². The topological polar surface area (TPSA) is 38.3 Å². The molecule has 70 valence electrons. The monoisotopic (exact) mass is 191 g/mol. The van der Waals surface area contributed by atoms with Gasteiger partial charge in [-0.25, -0.2) is 0 Å². The minimum Gasteiger partial charge on any atom is -0.466 e. The predicted octanol–water partition coefficient (Wildman–Crippen LogP) is 0.437. The predicted molar refractivity (Wildman–Crippen MR) is 47.2 cm³/mol. The van der Waals surface area contributed by atoms with E-state index in [1.165, 1.54) is 0 Å². The van der Waals surface area contributed by atoms with Gasteiger partial charge in [0, 0.05) is 0 Å². The van der Waals surface area contributed by atoms with Crippen LogP contribution in [0.1, 0.15) is 6.92 Å². The fourth-order valence-electron chi connectivity index (χ4n) is 2.01. The zero-order valence-electron chi connectivity index (χ0n) is 7.08. The second kappa shape index (κ2) is 3.62. The van der Waals surface area contributed by atoms with Gasteiger partial charge in [-0.2, -0.15) is 0 Å². The highest BCUT2D eigenvalue weighted by atomic mass is 35.5. The third-order valence-electron chi connectivity index (χ3n) is 2.65. The van der Waals surface area contributed by atoms with E-state index in [1.54, 1.807) is 0 Å². The average Bonchev–Trinajstić information content (AvgIpc) is 2.47. The Bertz CT molecular complexity index is 176. The molecule has 1 aliphatic heterocycles. The van der Waals surface area contributed by atoms with Crippen LogP contribution >= 0.6 is 12.4 Å². The molecule has 2 atom stereocenters. The van der Waals surface area contributed by atoms with Gasteiger partial charge in [0.1, 0.15) is 0 Å². The summed E-state index contributed by atoms with van der Waals surface area (Å²) in [6, 6.07) is 0. The first-order valence-corrected chi connectivity index (χ1v) is 4.22. The highest BCUT2D eigenvalue weighted by Crippen LogP contribution is 2.49. The second-order valence-electron chi connectivity index (χ2n) is 3.26. The number of nitrogens with one attached hydrogen (secondary N) is 1. The maximum absolute atomic E-state index is 11.2. The largest absolute Gasteiger partial charge is 0.466 e. The minimum absolute atomic E-state index is 0. The molecule has 0 amide bonds. The Morgan fingerprint density at radius 2 is 2.08 bits per heavy atom. The lowest BCUT2D eigenvalue weighted by Crippen LogP contribution is -2.20. The quantitative estimate of drug-likeness (QED) is 0.644. The van der Waals surface area contributed by atoms with Crippen LogP contribution in [0.25, 0.3) is 0 Å². The van der Waals surface area contributed by atoms with Crippen molar-refractivity contribution in [3.8, 4) is 0 Å². The van der Waals surface area contributed by atoms with Crippen molar-refractivity contribution in [2.45, 2.75) is 6.92 Å². The summed E-state index contributed by atoms with van der Waals surface area (Å²) in [5, 5.41) is 3.24. The highest BCUT2D eigenvalue weighted by Gasteiger charge is 2.57. The van der Waals surface area contributed by atoms with Crippen molar-refractivity contribution in [2.75, 3.05) is 19.7 Å². The Hall–Kier alpha value is -0.280. The summed E-state index contributed by atoms with van der Waals surface area (Å²) in [6.07, 6.45) is 0. The number of carbonyl (C=O) groups is 1. The molecule has 3 nitrogen and oxygen atoms in total. The SMILES string of the molecule is CCOC(=O)C1C2CNCC21.Cl. The van der Waals surface area contributed by atoms with Gasteiger partial charge in [0.05, 0.1) is 12.5 Å². The molecule has 0 spiro atoms. The van der Waals surface area contributed by atoms with E-state index < -0.39 is 0 Å². The van der Waals surface area contributed by atoms with E-state index in [9.17, 15) is 4.79 Å². The lowest BCUT2D eigenvalue weighted by molar-refractivity contribution is -0.145. The van der Waals surface area contributed by atoms with E-state index in [4.69, 9.17) is 4.74 Å². The summed E-state index contributed by atoms with van der Waals surface area (Å²) < 4.78 is 4.94. The Morgan fingerprint density at radius 3 is 2.58 bits per heavy atom. The fourth-order valence-corrected chi connectivity index (χ4v) is 2.01. The molecule has 1 aliphatic carbocycles. The smallest absolute Gasteiger partial charge is 0.309 e. The van der Waals surface area contributed by atoms with Crippen LogP contribution in [0.4, 0.5) is 0 Å². The molecule has 2 aliphatic rings. The van der Waals surface area contributed by atoms with Crippen molar-refractivity contribution in [1.82, 2.24) is 5.32 Å². The number of fused-ring (bicyclic) bond motifs is 1. The molecule has 0 aromatic heterocycles. The Morgan fingerprint density at radius 1 is 1.50 bits per heavy atom. The van der Waals surface area contributed by atoms with E-state index in [0.29, 0.717) is 18.4 Å². The average molecular weight is 192 g/mol. The molecule has 12 heavy (non-hydrogen) atoms. The van der Waals surface area contributed by atoms with Gasteiger partial charge in [0.15, 0.2) is 0 Å². The molecular weight excluding hydrogens is 178 g/mol. The molecule has 0 bridgehead atoms. The van der Waals surface area contributed by atoms with E-state index in [-0.39, 0.29) is 24.3 Å². The number of ether oxygens (including phenoxy) is 1. The molecule has 1 saturated heterocycles. The number of piperidine rings is 1. The Kier molecular flexibility index (Phi) is 2.96. The van der Waals surface area contributed by atoms with Gasteiger partial charge in [0.25, 0.3) is 0 Å². The zero-order chi connectivity index (χ0) is 7.84. The summed E-state index contributed by atoms with van der Waals surface area (Å²) in [5.41, 5.74) is 0. The summed E-state index contributed by atoms with van der Waals surface area (Å²) in [6.45, 7) is 4.39. The van der Waals surface area contributed by atoms with Crippen LogP contribution in [-0.4, -0.2) is 25.7 Å². The van der Waals surface area contributed by atoms with E-state index in [1.807, 2.05) is 6.92 Å². The van der Waals surface area contributed by atoms with Gasteiger partial charge in [-0.3, -0.25) is 4.79 Å². The minimum atomic E-state index is 0. The molecule has 2 fully saturated rings. The zero-order valence-corrected chi connectivity index (χ0v) is 7.89. The van der Waals surface area contributed by atoms with E-state index >= 15 is 0 Å². The van der Waals surface area contributed by atoms with Crippen LogP contribution in [0.3, 0.4) is 0 Å². The van der Waals surface area contributed by atoms with Crippen molar-refractivity contribution >= 4 is 18.4 Å². The van der Waals surface area contributed by atoms with Crippen molar-refractivity contribution in [3.63, 3.8) is 0 Å². The molecule has 1 saturated carbocycles. The summed E-state index contributed by atoms with van der Waals surface area (Å²) >= 11 is 0. The van der Waals surface area contributed by atoms with E-state index in [2.05, 4.69) is 5.32 Å². The van der Waals surface area contributed by atoms with Crippen molar-refractivity contribution in [2.24, 2.45) is 17.8 Å². The standard InChI is InChI=1S/C8H13NO2.ClH/c1-2-11-8(10)7-5-3-9-4-6(5)7;/h5-7,9H,2-4H2,1H3;1H. The fraction of sp³-hybridized carbons (Fsp3) is 0.875. The summed E-state index contributed by atoms with van der Waals surface area (Å²) in [4.78, 5) is 11.2. The third kappa shape index (κ3) is 1.43. The van der Waals surface area contributed by atoms with Crippen LogP contribution in [-0.2, 0) is 9.53 Å². The summed E-state index contributed by atoms with van der Waals surface area (Å²) in [7, 11) is 0. The number of hydrogen-bond acceptors (Lipinski definition) is 3. The lowest BCUT2D eigenvalue weighted by Gasteiger charge is -2.03. The van der Waals surface area contributed by atoms with Gasteiger partial charge >= 0.3 is 5.97 Å². The normalized spacial score (nSPS) is 36.6. The van der Waals surface area contributed by atoms with Gasteiger partial charge < -0.3 is 10.1 Å². The maximum atomic E-state index is 11.2. The van der Waals surface area contributed by atoms with Crippen LogP contribution in [0, 0.1) is 17.8 Å². The molecule has 2 unspecified atom stereocenters. The molecule has 0 aromatic carbocycles. The number of carbonyl (C=O) groups excluding carboxylic acids is 1. The van der Waals surface area contributed by atoms with Gasteiger partial charge in [0.2, 0.25) is 0 Å². The molecule has 1 heterocycles. The summed E-state index contributed by atoms with van der Waals surface area (Å²) in [5.74, 6) is 1.43. The van der Waals surface area contributed by atoms with Gasteiger partial charge in [-0.05, 0) is 31.8 Å². The third-order valence-corrected chi connectivity index (χ3v) is 2.65. The molecule has 0 radical (unpaired) electrons. The first kappa shape index (κ1) is 9.81. The Balaban J connectivity index is 0.000000720. The number of halogens is 1. The van der Waals surface area contributed by atoms with Crippen LogP contribution in [0.5, 0.6) is 0 Å². The van der Waals surface area contributed by atoms with E-state index in [0.717, 1.165) is 13.1 Å². The number of esters is 1. The second-order valence-corrected chi connectivity index (χ2v) is 3.26. The lowest BCUT2D eigenvalue weighted by atomic mass is 10.3. The first-order valence-electron chi connectivity index (χ1n) is 4.22. The number of rotatable bonds is 2. The van der Waals surface area contributed by atoms with Crippen LogP contribution in [0.15, 0.2) is 0 Å². The first-order chi connectivity index (χ1) is 5.34. The molecular formula is C8H14ClNO2. The van der Waals surface area contributed by atoms with Crippen molar-refractivity contribution in [3.05, 3.63) is 0 Å². The van der Waals surface area contributed by atoms with Gasteiger partial charge in [-0.1, -0.05) is 0 Å². The molecule has 4 heteroatoms. The van der Waals surface area contributed by atoms with Gasteiger partial charge in [-0.15, -0.1) is 12.4 Å². The van der Waals surface area contributed by atoms with Crippen molar-refractivity contribution in [1.29, 1.82) is 0 Å². The molecule has 2 rings (SSSR count). The highest BCUT2D eigenvalue weighted by molar-refractivity contribution is 5.85. The van der Waals surface area contributed by atoms with Crippen molar-refractivity contribution < 1.29 is 9.53 Å². The Labute approximate surface area is 78.3 Å². The molecule has 0 aromatic rings. The molecule has 1 N–H and O–H groups in total. The van der Waals surface area contributed by atoms with Crippen LogP contribution < -0.4 is 5.32 Å².